The fourth-order valence-electron chi connectivity index (χ4n) is 2.69. The lowest BCUT2D eigenvalue weighted by Crippen LogP contribution is -2.25. The van der Waals surface area contributed by atoms with E-state index >= 15 is 0 Å². The van der Waals surface area contributed by atoms with Crippen LogP contribution in [0.1, 0.15) is 36.9 Å². The van der Waals surface area contributed by atoms with Crippen LogP contribution in [-0.2, 0) is 0 Å². The topological polar surface area (TPSA) is 21.3 Å². The molecule has 2 atom stereocenters. The minimum Gasteiger partial charge on any atom is -0.496 e. The molecule has 0 amide bonds. The van der Waals surface area contributed by atoms with Gasteiger partial charge in [0.1, 0.15) is 5.75 Å². The predicted octanol–water partition coefficient (Wildman–Crippen LogP) is 3.31. The van der Waals surface area contributed by atoms with Gasteiger partial charge >= 0.3 is 0 Å². The Morgan fingerprint density at radius 2 is 2.06 bits per heavy atom. The summed E-state index contributed by atoms with van der Waals surface area (Å²) >= 11 is 0. The number of rotatable bonds is 5. The molecule has 0 saturated heterocycles. The Morgan fingerprint density at radius 3 is 2.59 bits per heavy atom. The molecule has 0 bridgehead atoms. The van der Waals surface area contributed by atoms with Crippen LogP contribution in [0.5, 0.6) is 5.75 Å². The summed E-state index contributed by atoms with van der Waals surface area (Å²) in [5, 5.41) is 3.46. The second kappa shape index (κ2) is 5.09. The Morgan fingerprint density at radius 1 is 1.35 bits per heavy atom. The van der Waals surface area contributed by atoms with E-state index < -0.39 is 0 Å². The SMILES string of the molecule is CNC(c1cc(C)ccc1OC)C(C)C1CC1. The lowest BCUT2D eigenvalue weighted by Gasteiger charge is -2.26. The van der Waals surface area contributed by atoms with Crippen LogP contribution in [-0.4, -0.2) is 14.2 Å². The van der Waals surface area contributed by atoms with E-state index in [-0.39, 0.29) is 0 Å². The standard InChI is InChI=1S/C15H23NO/c1-10-5-8-14(17-4)13(9-10)15(16-3)11(2)12-6-7-12/h5,8-9,11-12,15-16H,6-7H2,1-4H3. The van der Waals surface area contributed by atoms with E-state index in [1.165, 1.54) is 24.0 Å². The largest absolute Gasteiger partial charge is 0.496 e. The van der Waals surface area contributed by atoms with Gasteiger partial charge in [0.15, 0.2) is 0 Å². The quantitative estimate of drug-likeness (QED) is 0.842. The van der Waals surface area contributed by atoms with E-state index in [0.29, 0.717) is 12.0 Å². The van der Waals surface area contributed by atoms with E-state index in [2.05, 4.69) is 37.4 Å². The van der Waals surface area contributed by atoms with Crippen LogP contribution in [0.4, 0.5) is 0 Å². The molecule has 94 valence electrons. The number of ether oxygens (including phenoxy) is 1. The van der Waals surface area contributed by atoms with E-state index in [0.717, 1.165) is 11.7 Å². The van der Waals surface area contributed by atoms with Crippen molar-refractivity contribution in [3.8, 4) is 5.75 Å². The minimum absolute atomic E-state index is 0.400. The molecule has 1 aliphatic carbocycles. The molecule has 1 aliphatic rings. The van der Waals surface area contributed by atoms with Gasteiger partial charge in [0.05, 0.1) is 7.11 Å². The highest BCUT2D eigenvalue weighted by Crippen LogP contribution is 2.44. The molecule has 0 aromatic heterocycles. The Labute approximate surface area is 104 Å². The van der Waals surface area contributed by atoms with Crippen LogP contribution < -0.4 is 10.1 Å². The van der Waals surface area contributed by atoms with Crippen LogP contribution in [0, 0.1) is 18.8 Å². The van der Waals surface area contributed by atoms with Gasteiger partial charge in [-0.15, -0.1) is 0 Å². The van der Waals surface area contributed by atoms with Crippen molar-refractivity contribution < 1.29 is 4.74 Å². The Kier molecular flexibility index (Phi) is 3.72. The normalized spacial score (nSPS) is 18.8. The summed E-state index contributed by atoms with van der Waals surface area (Å²) in [7, 11) is 3.80. The Bertz CT molecular complexity index is 385. The van der Waals surface area contributed by atoms with Crippen molar-refractivity contribution in [3.05, 3.63) is 29.3 Å². The average molecular weight is 233 g/mol. The van der Waals surface area contributed by atoms with Crippen LogP contribution in [0.25, 0.3) is 0 Å². The fraction of sp³-hybridized carbons (Fsp3) is 0.600. The zero-order valence-corrected chi connectivity index (χ0v) is 11.3. The molecule has 1 N–H and O–H groups in total. The molecule has 2 unspecified atom stereocenters. The van der Waals surface area contributed by atoms with Gasteiger partial charge in [0.2, 0.25) is 0 Å². The molecule has 1 saturated carbocycles. The number of benzene rings is 1. The Hall–Kier alpha value is -1.02. The van der Waals surface area contributed by atoms with Crippen molar-refractivity contribution in [2.24, 2.45) is 11.8 Å². The smallest absolute Gasteiger partial charge is 0.123 e. The molecular formula is C15H23NO. The summed E-state index contributed by atoms with van der Waals surface area (Å²) in [4.78, 5) is 0. The molecule has 0 aliphatic heterocycles. The molecular weight excluding hydrogens is 210 g/mol. The third kappa shape index (κ3) is 2.63. The van der Waals surface area contributed by atoms with Crippen molar-refractivity contribution in [2.75, 3.05) is 14.2 Å². The fourth-order valence-corrected chi connectivity index (χ4v) is 2.69. The molecule has 1 fully saturated rings. The zero-order valence-electron chi connectivity index (χ0n) is 11.3. The number of nitrogens with one attached hydrogen (secondary N) is 1. The number of hydrogen-bond donors (Lipinski definition) is 1. The highest BCUT2D eigenvalue weighted by Gasteiger charge is 2.34. The first-order valence-electron chi connectivity index (χ1n) is 6.49. The lowest BCUT2D eigenvalue weighted by molar-refractivity contribution is 0.346. The van der Waals surface area contributed by atoms with Crippen LogP contribution >= 0.6 is 0 Å². The maximum absolute atomic E-state index is 5.49. The van der Waals surface area contributed by atoms with Crippen molar-refractivity contribution in [1.82, 2.24) is 5.32 Å². The summed E-state index contributed by atoms with van der Waals surface area (Å²) in [6.07, 6.45) is 2.76. The summed E-state index contributed by atoms with van der Waals surface area (Å²) in [6.45, 7) is 4.48. The maximum atomic E-state index is 5.49. The maximum Gasteiger partial charge on any atom is 0.123 e. The molecule has 17 heavy (non-hydrogen) atoms. The van der Waals surface area contributed by atoms with E-state index in [4.69, 9.17) is 4.74 Å². The first-order chi connectivity index (χ1) is 8.17. The molecule has 0 heterocycles. The van der Waals surface area contributed by atoms with Crippen molar-refractivity contribution >= 4 is 0 Å². The summed E-state index contributed by atoms with van der Waals surface area (Å²) < 4.78 is 5.49. The monoisotopic (exact) mass is 233 g/mol. The highest BCUT2D eigenvalue weighted by atomic mass is 16.5. The van der Waals surface area contributed by atoms with Crippen molar-refractivity contribution in [3.63, 3.8) is 0 Å². The molecule has 0 spiro atoms. The van der Waals surface area contributed by atoms with Gasteiger partial charge < -0.3 is 10.1 Å². The van der Waals surface area contributed by atoms with Crippen molar-refractivity contribution in [2.45, 2.75) is 32.7 Å². The number of aryl methyl sites for hydroxylation is 1. The van der Waals surface area contributed by atoms with Crippen LogP contribution in [0.3, 0.4) is 0 Å². The first-order valence-corrected chi connectivity index (χ1v) is 6.49. The highest BCUT2D eigenvalue weighted by molar-refractivity contribution is 5.39. The minimum atomic E-state index is 0.400. The van der Waals surface area contributed by atoms with Gasteiger partial charge in [-0.2, -0.15) is 0 Å². The summed E-state index contributed by atoms with van der Waals surface area (Å²) in [5.74, 6) is 2.57. The summed E-state index contributed by atoms with van der Waals surface area (Å²) in [6, 6.07) is 6.84. The third-order valence-corrected chi connectivity index (χ3v) is 3.92. The zero-order chi connectivity index (χ0) is 12.4. The van der Waals surface area contributed by atoms with Gasteiger partial charge in [-0.25, -0.2) is 0 Å². The second-order valence-corrected chi connectivity index (χ2v) is 5.21. The second-order valence-electron chi connectivity index (χ2n) is 5.21. The summed E-state index contributed by atoms with van der Waals surface area (Å²) in [5.41, 5.74) is 2.60. The van der Waals surface area contributed by atoms with Crippen molar-refractivity contribution in [1.29, 1.82) is 0 Å². The van der Waals surface area contributed by atoms with Crippen LogP contribution in [0.2, 0.25) is 0 Å². The van der Waals surface area contributed by atoms with Gasteiger partial charge in [0.25, 0.3) is 0 Å². The van der Waals surface area contributed by atoms with Gasteiger partial charge in [-0.05, 0) is 44.7 Å². The van der Waals surface area contributed by atoms with Gasteiger partial charge in [-0.1, -0.05) is 24.6 Å². The molecule has 2 rings (SSSR count). The number of hydrogen-bond acceptors (Lipinski definition) is 2. The molecule has 2 heteroatoms. The third-order valence-electron chi connectivity index (χ3n) is 3.92. The van der Waals surface area contributed by atoms with E-state index in [1.54, 1.807) is 7.11 Å². The number of methoxy groups -OCH3 is 1. The average Bonchev–Trinajstić information content (AvgIpc) is 3.14. The van der Waals surface area contributed by atoms with E-state index in [1.807, 2.05) is 7.05 Å². The predicted molar refractivity (Wildman–Crippen MR) is 71.4 cm³/mol. The Balaban J connectivity index is 2.30. The van der Waals surface area contributed by atoms with E-state index in [9.17, 15) is 0 Å². The first kappa shape index (κ1) is 12.4. The van der Waals surface area contributed by atoms with Gasteiger partial charge in [-0.3, -0.25) is 0 Å². The van der Waals surface area contributed by atoms with Gasteiger partial charge in [0, 0.05) is 11.6 Å². The lowest BCUT2D eigenvalue weighted by atomic mass is 9.89. The molecule has 1 aromatic rings. The molecule has 0 radical (unpaired) electrons. The van der Waals surface area contributed by atoms with Crippen LogP contribution in [0.15, 0.2) is 18.2 Å². The molecule has 1 aromatic carbocycles. The molecule has 2 nitrogen and oxygen atoms in total.